The Morgan fingerprint density at radius 3 is 2.32 bits per heavy atom. The molecule has 22 heavy (non-hydrogen) atoms. The largest absolute Gasteiger partial charge is 0.325 e. The second-order valence-corrected chi connectivity index (χ2v) is 7.92. The summed E-state index contributed by atoms with van der Waals surface area (Å²) in [6.45, 7) is 2.78. The highest BCUT2D eigenvalue weighted by atomic mass is 32.2. The van der Waals surface area contributed by atoms with Crippen LogP contribution in [-0.4, -0.2) is 58.2 Å². The van der Waals surface area contributed by atoms with Gasteiger partial charge < -0.3 is 5.73 Å². The lowest BCUT2D eigenvalue weighted by molar-refractivity contribution is 0.235. The number of rotatable bonds is 4. The van der Waals surface area contributed by atoms with Crippen LogP contribution in [0.15, 0.2) is 6.20 Å². The van der Waals surface area contributed by atoms with Gasteiger partial charge in [0.1, 0.15) is 0 Å². The fourth-order valence-electron chi connectivity index (χ4n) is 3.18. The predicted octanol–water partition coefficient (Wildman–Crippen LogP) is 0.104. The number of hydrogen-bond donors (Lipinski definition) is 1. The van der Waals surface area contributed by atoms with Gasteiger partial charge in [0.15, 0.2) is 0 Å². The molecule has 0 unspecified atom stereocenters. The zero-order valence-electron chi connectivity index (χ0n) is 12.8. The van der Waals surface area contributed by atoms with Crippen molar-refractivity contribution < 1.29 is 8.42 Å². The molecule has 124 valence electrons. The molecule has 0 aromatic carbocycles. The van der Waals surface area contributed by atoms with E-state index >= 15 is 0 Å². The van der Waals surface area contributed by atoms with E-state index < -0.39 is 10.2 Å². The molecular weight excluding hydrogens is 304 g/mol. The highest BCUT2D eigenvalue weighted by molar-refractivity contribution is 7.86. The maximum absolute atomic E-state index is 12.6. The van der Waals surface area contributed by atoms with Crippen molar-refractivity contribution >= 4 is 10.2 Å². The van der Waals surface area contributed by atoms with Crippen molar-refractivity contribution in [3.63, 3.8) is 0 Å². The molecule has 0 amide bonds. The van der Waals surface area contributed by atoms with Crippen LogP contribution in [0.2, 0.25) is 0 Å². The molecular formula is C13H24N6O2S. The van der Waals surface area contributed by atoms with Gasteiger partial charge in [-0.25, -0.2) is 4.68 Å². The minimum Gasteiger partial charge on any atom is -0.325 e. The van der Waals surface area contributed by atoms with Gasteiger partial charge in [-0.1, -0.05) is 11.6 Å². The van der Waals surface area contributed by atoms with Crippen molar-refractivity contribution in [2.45, 2.75) is 44.7 Å². The van der Waals surface area contributed by atoms with Gasteiger partial charge in [0.2, 0.25) is 0 Å². The topological polar surface area (TPSA) is 97.3 Å². The normalized spacial score (nSPS) is 23.0. The third-order valence-electron chi connectivity index (χ3n) is 4.53. The number of piperidine rings is 2. The Morgan fingerprint density at radius 1 is 1.09 bits per heavy atom. The van der Waals surface area contributed by atoms with Crippen molar-refractivity contribution in [1.29, 1.82) is 0 Å². The minimum atomic E-state index is -3.29. The van der Waals surface area contributed by atoms with E-state index in [1.165, 1.54) is 0 Å². The quantitative estimate of drug-likeness (QED) is 0.846. The summed E-state index contributed by atoms with van der Waals surface area (Å²) in [6, 6.07) is 0.209. The Kier molecular flexibility index (Phi) is 4.76. The SMILES string of the molecule is NCc1cn(C2CCN(S(=O)(=O)N3CCCCC3)CC2)nn1. The highest BCUT2D eigenvalue weighted by Gasteiger charge is 2.34. The van der Waals surface area contributed by atoms with E-state index in [1.54, 1.807) is 8.61 Å². The molecule has 2 aliphatic rings. The summed E-state index contributed by atoms with van der Waals surface area (Å²) in [5.74, 6) is 0. The fraction of sp³-hybridized carbons (Fsp3) is 0.846. The first-order valence-corrected chi connectivity index (χ1v) is 9.37. The zero-order valence-corrected chi connectivity index (χ0v) is 13.6. The lowest BCUT2D eigenvalue weighted by Gasteiger charge is -2.36. The summed E-state index contributed by atoms with van der Waals surface area (Å²) in [5.41, 5.74) is 6.31. The molecule has 0 saturated carbocycles. The van der Waals surface area contributed by atoms with E-state index in [9.17, 15) is 8.42 Å². The number of nitrogens with two attached hydrogens (primary N) is 1. The summed E-state index contributed by atoms with van der Waals surface area (Å²) in [7, 11) is -3.29. The van der Waals surface area contributed by atoms with E-state index in [0.717, 1.165) is 37.8 Å². The van der Waals surface area contributed by atoms with Crippen LogP contribution in [0.1, 0.15) is 43.8 Å². The Morgan fingerprint density at radius 2 is 1.73 bits per heavy atom. The van der Waals surface area contributed by atoms with Crippen molar-refractivity contribution in [3.05, 3.63) is 11.9 Å². The van der Waals surface area contributed by atoms with Crippen LogP contribution in [0.5, 0.6) is 0 Å². The first-order chi connectivity index (χ1) is 10.6. The third-order valence-corrected chi connectivity index (χ3v) is 6.57. The van der Waals surface area contributed by atoms with Crippen molar-refractivity contribution in [2.75, 3.05) is 26.2 Å². The van der Waals surface area contributed by atoms with E-state index in [0.29, 0.717) is 32.7 Å². The first kappa shape index (κ1) is 15.9. The average Bonchev–Trinajstić information content (AvgIpc) is 3.05. The van der Waals surface area contributed by atoms with E-state index in [4.69, 9.17) is 5.73 Å². The molecule has 2 aliphatic heterocycles. The molecule has 1 aromatic heterocycles. The Balaban J connectivity index is 1.61. The van der Waals surface area contributed by atoms with Crippen molar-refractivity contribution in [1.82, 2.24) is 23.6 Å². The summed E-state index contributed by atoms with van der Waals surface area (Å²) in [6.07, 6.45) is 6.46. The van der Waals surface area contributed by atoms with Crippen LogP contribution < -0.4 is 5.73 Å². The maximum atomic E-state index is 12.6. The second kappa shape index (κ2) is 6.61. The standard InChI is InChI=1S/C13H24N6O2S/c14-10-12-11-19(16-15-12)13-4-8-18(9-5-13)22(20,21)17-6-2-1-3-7-17/h11,13H,1-10,14H2. The lowest BCUT2D eigenvalue weighted by Crippen LogP contribution is -2.48. The van der Waals surface area contributed by atoms with E-state index in [-0.39, 0.29) is 6.04 Å². The molecule has 1 aromatic rings. The van der Waals surface area contributed by atoms with Gasteiger partial charge in [-0.2, -0.15) is 17.0 Å². The Labute approximate surface area is 131 Å². The molecule has 9 heteroatoms. The first-order valence-electron chi connectivity index (χ1n) is 7.97. The van der Waals surface area contributed by atoms with Gasteiger partial charge in [0.25, 0.3) is 10.2 Å². The summed E-state index contributed by atoms with van der Waals surface area (Å²) < 4.78 is 30.4. The van der Waals surface area contributed by atoms with E-state index in [1.807, 2.05) is 10.9 Å². The summed E-state index contributed by atoms with van der Waals surface area (Å²) >= 11 is 0. The van der Waals surface area contributed by atoms with Gasteiger partial charge in [0, 0.05) is 32.7 Å². The minimum absolute atomic E-state index is 0.209. The summed E-state index contributed by atoms with van der Waals surface area (Å²) in [4.78, 5) is 0. The van der Waals surface area contributed by atoms with Crippen LogP contribution in [0.3, 0.4) is 0 Å². The molecule has 3 rings (SSSR count). The van der Waals surface area contributed by atoms with Crippen LogP contribution in [0.4, 0.5) is 0 Å². The lowest BCUT2D eigenvalue weighted by atomic mass is 10.1. The predicted molar refractivity (Wildman–Crippen MR) is 82.1 cm³/mol. The third kappa shape index (κ3) is 3.17. The van der Waals surface area contributed by atoms with Crippen LogP contribution >= 0.6 is 0 Å². The van der Waals surface area contributed by atoms with Crippen LogP contribution in [0, 0.1) is 0 Å². The van der Waals surface area contributed by atoms with Gasteiger partial charge in [-0.3, -0.25) is 0 Å². The van der Waals surface area contributed by atoms with Crippen LogP contribution in [0.25, 0.3) is 0 Å². The molecule has 8 nitrogen and oxygen atoms in total. The molecule has 2 fully saturated rings. The van der Waals surface area contributed by atoms with Crippen LogP contribution in [-0.2, 0) is 16.8 Å². The monoisotopic (exact) mass is 328 g/mol. The fourth-order valence-corrected chi connectivity index (χ4v) is 4.90. The molecule has 0 bridgehead atoms. The van der Waals surface area contributed by atoms with Gasteiger partial charge in [0.05, 0.1) is 17.9 Å². The molecule has 3 heterocycles. The molecule has 0 spiro atoms. The number of nitrogens with zero attached hydrogens (tertiary/aromatic N) is 5. The van der Waals surface area contributed by atoms with Crippen molar-refractivity contribution in [3.8, 4) is 0 Å². The van der Waals surface area contributed by atoms with E-state index in [2.05, 4.69) is 10.3 Å². The molecule has 0 atom stereocenters. The van der Waals surface area contributed by atoms with Gasteiger partial charge >= 0.3 is 0 Å². The molecule has 0 radical (unpaired) electrons. The Bertz CT molecular complexity index is 587. The molecule has 0 aliphatic carbocycles. The van der Waals surface area contributed by atoms with Gasteiger partial charge in [-0.15, -0.1) is 5.10 Å². The number of aromatic nitrogens is 3. The van der Waals surface area contributed by atoms with Gasteiger partial charge in [-0.05, 0) is 25.7 Å². The maximum Gasteiger partial charge on any atom is 0.281 e. The smallest absolute Gasteiger partial charge is 0.281 e. The zero-order chi connectivity index (χ0) is 15.6. The second-order valence-electron chi connectivity index (χ2n) is 5.99. The molecule has 2 N–H and O–H groups in total. The summed E-state index contributed by atoms with van der Waals surface area (Å²) in [5, 5.41) is 8.10. The highest BCUT2D eigenvalue weighted by Crippen LogP contribution is 2.26. The number of hydrogen-bond acceptors (Lipinski definition) is 5. The van der Waals surface area contributed by atoms with Crippen molar-refractivity contribution in [2.24, 2.45) is 5.73 Å². The molecule has 2 saturated heterocycles. The Hall–Kier alpha value is -1.03. The average molecular weight is 328 g/mol.